The normalized spacial score (nSPS) is 17.3. The van der Waals surface area contributed by atoms with E-state index >= 15 is 0 Å². The quantitative estimate of drug-likeness (QED) is 0.360. The minimum Gasteiger partial charge on any atom is -0.272 e. The Labute approximate surface area is 204 Å². The summed E-state index contributed by atoms with van der Waals surface area (Å²) in [5, 5.41) is 0.908. The van der Waals surface area contributed by atoms with Crippen molar-refractivity contribution in [1.82, 2.24) is 4.57 Å². The Balaban J connectivity index is 1.64. The number of allylic oxidation sites excluding steroid dienone is 1. The molecule has 0 saturated heterocycles. The second kappa shape index (κ2) is 8.14. The Morgan fingerprint density at radius 3 is 2.58 bits per heavy atom. The van der Waals surface area contributed by atoms with Gasteiger partial charge in [0.15, 0.2) is 4.80 Å². The second-order valence-corrected chi connectivity index (χ2v) is 9.96. The first kappa shape index (κ1) is 20.7. The maximum absolute atomic E-state index is 13.7. The van der Waals surface area contributed by atoms with Gasteiger partial charge in [-0.1, -0.05) is 101 Å². The second-order valence-electron chi connectivity index (χ2n) is 8.17. The number of hydrogen-bond donors (Lipinski definition) is 0. The number of benzene rings is 3. The summed E-state index contributed by atoms with van der Waals surface area (Å²) >= 11 is 14.0. The van der Waals surface area contributed by atoms with E-state index in [-0.39, 0.29) is 11.6 Å². The number of aryl methyl sites for hydroxylation is 1. The maximum Gasteiger partial charge on any atom is 0.271 e. The van der Waals surface area contributed by atoms with E-state index < -0.39 is 0 Å². The van der Waals surface area contributed by atoms with Crippen molar-refractivity contribution in [3.05, 3.63) is 130 Å². The molecule has 0 N–H and O–H groups in total. The third-order valence-corrected chi connectivity index (χ3v) is 8.07. The Bertz CT molecular complexity index is 1620. The predicted molar refractivity (Wildman–Crippen MR) is 136 cm³/mol. The lowest BCUT2D eigenvalue weighted by molar-refractivity contribution is 0.585. The van der Waals surface area contributed by atoms with Crippen molar-refractivity contribution in [2.75, 3.05) is 0 Å². The van der Waals surface area contributed by atoms with E-state index in [2.05, 4.69) is 36.4 Å². The summed E-state index contributed by atoms with van der Waals surface area (Å²) in [5.74, 6) is 0. The molecule has 0 saturated carbocycles. The summed E-state index contributed by atoms with van der Waals surface area (Å²) < 4.78 is 2.43. The van der Waals surface area contributed by atoms with Crippen molar-refractivity contribution in [2.45, 2.75) is 18.9 Å². The van der Waals surface area contributed by atoms with Crippen LogP contribution in [0.3, 0.4) is 0 Å². The van der Waals surface area contributed by atoms with Gasteiger partial charge >= 0.3 is 0 Å². The number of aromatic nitrogens is 1. The highest BCUT2D eigenvalue weighted by Crippen LogP contribution is 2.41. The average Bonchev–Trinajstić information content (AvgIpc) is 3.15. The molecule has 2 heterocycles. The number of thiazole rings is 1. The fraction of sp³-hybridized carbons (Fsp3) is 0.111. The standard InChI is InChI=1S/C27H18Cl2N2OS/c28-21-12-6-10-18(23(21)29)15-22-26(32)31-25(17-8-2-1-3-9-17)20-14-13-16-7-4-5-11-19(16)24(20)30-27(31)33-22/h1-12,15,25H,13-14H2/b22-15+/t25-/m0/s1. The monoisotopic (exact) mass is 488 g/mol. The fourth-order valence-electron chi connectivity index (χ4n) is 4.73. The summed E-state index contributed by atoms with van der Waals surface area (Å²) in [6, 6.07) is 23.9. The maximum atomic E-state index is 13.7. The van der Waals surface area contributed by atoms with Crippen molar-refractivity contribution in [1.29, 1.82) is 0 Å². The third kappa shape index (κ3) is 3.41. The van der Waals surface area contributed by atoms with Crippen LogP contribution in [0.2, 0.25) is 10.0 Å². The van der Waals surface area contributed by atoms with Crippen LogP contribution in [0.5, 0.6) is 0 Å². The number of hydrogen-bond acceptors (Lipinski definition) is 3. The Morgan fingerprint density at radius 2 is 1.73 bits per heavy atom. The van der Waals surface area contributed by atoms with Crippen LogP contribution < -0.4 is 14.9 Å². The molecule has 1 aromatic heterocycles. The van der Waals surface area contributed by atoms with Gasteiger partial charge in [0.2, 0.25) is 0 Å². The number of rotatable bonds is 2. The van der Waals surface area contributed by atoms with Gasteiger partial charge in [-0.25, -0.2) is 4.99 Å². The number of nitrogens with zero attached hydrogens (tertiary/aromatic N) is 2. The lowest BCUT2D eigenvalue weighted by atomic mass is 9.83. The first-order chi connectivity index (χ1) is 16.1. The van der Waals surface area contributed by atoms with Gasteiger partial charge in [-0.05, 0) is 47.2 Å². The van der Waals surface area contributed by atoms with Gasteiger partial charge in [-0.15, -0.1) is 0 Å². The molecule has 4 aromatic rings. The summed E-state index contributed by atoms with van der Waals surface area (Å²) in [6.45, 7) is 0. The molecule has 1 atom stereocenters. The highest BCUT2D eigenvalue weighted by molar-refractivity contribution is 7.07. The first-order valence-electron chi connectivity index (χ1n) is 10.7. The number of halogens is 2. The van der Waals surface area contributed by atoms with Crippen LogP contribution in [-0.4, -0.2) is 4.57 Å². The van der Waals surface area contributed by atoms with Crippen molar-refractivity contribution in [3.63, 3.8) is 0 Å². The Hall–Kier alpha value is -2.92. The molecule has 0 spiro atoms. The summed E-state index contributed by atoms with van der Waals surface area (Å²) in [5.41, 5.74) is 6.41. The molecule has 0 fully saturated rings. The molecule has 3 nitrogen and oxygen atoms in total. The van der Waals surface area contributed by atoms with Gasteiger partial charge in [0.25, 0.3) is 5.56 Å². The first-order valence-corrected chi connectivity index (χ1v) is 12.3. The average molecular weight is 489 g/mol. The van der Waals surface area contributed by atoms with E-state index in [1.165, 1.54) is 22.5 Å². The molecule has 1 aliphatic heterocycles. The molecule has 3 aromatic carbocycles. The Morgan fingerprint density at radius 1 is 0.939 bits per heavy atom. The zero-order chi connectivity index (χ0) is 22.5. The van der Waals surface area contributed by atoms with Gasteiger partial charge in [-0.2, -0.15) is 0 Å². The molecule has 0 radical (unpaired) electrons. The highest BCUT2D eigenvalue weighted by atomic mass is 35.5. The van der Waals surface area contributed by atoms with Crippen LogP contribution in [-0.2, 0) is 6.42 Å². The van der Waals surface area contributed by atoms with Gasteiger partial charge in [-0.3, -0.25) is 9.36 Å². The van der Waals surface area contributed by atoms with Gasteiger partial charge in [0.1, 0.15) is 0 Å². The molecule has 0 bridgehead atoms. The number of fused-ring (bicyclic) bond motifs is 3. The van der Waals surface area contributed by atoms with Crippen LogP contribution >= 0.6 is 34.5 Å². The summed E-state index contributed by atoms with van der Waals surface area (Å²) in [7, 11) is 0. The summed E-state index contributed by atoms with van der Waals surface area (Å²) in [4.78, 5) is 19.4. The largest absolute Gasteiger partial charge is 0.272 e. The van der Waals surface area contributed by atoms with E-state index in [9.17, 15) is 4.79 Å². The topological polar surface area (TPSA) is 34.4 Å². The molecule has 0 unspecified atom stereocenters. The lowest BCUT2D eigenvalue weighted by Crippen LogP contribution is -2.38. The molecule has 2 aliphatic rings. The van der Waals surface area contributed by atoms with Gasteiger partial charge < -0.3 is 0 Å². The van der Waals surface area contributed by atoms with E-state index in [0.29, 0.717) is 19.4 Å². The highest BCUT2D eigenvalue weighted by Gasteiger charge is 2.32. The van der Waals surface area contributed by atoms with Crippen molar-refractivity contribution in [3.8, 4) is 0 Å². The van der Waals surface area contributed by atoms with Gasteiger partial charge in [0, 0.05) is 5.56 Å². The Kier molecular flexibility index (Phi) is 5.10. The van der Waals surface area contributed by atoms with E-state index in [0.717, 1.165) is 35.2 Å². The molecule has 6 rings (SSSR count). The van der Waals surface area contributed by atoms with Crippen LogP contribution in [0.4, 0.5) is 0 Å². The van der Waals surface area contributed by atoms with E-state index in [1.807, 2.05) is 41.0 Å². The van der Waals surface area contributed by atoms with Crippen LogP contribution in [0.25, 0.3) is 11.8 Å². The zero-order valence-corrected chi connectivity index (χ0v) is 19.8. The van der Waals surface area contributed by atoms with Crippen LogP contribution in [0.15, 0.2) is 88.2 Å². The molecular formula is C27H18Cl2N2OS. The predicted octanol–water partition coefficient (Wildman–Crippen LogP) is 5.63. The van der Waals surface area contributed by atoms with Crippen LogP contribution in [0, 0.1) is 0 Å². The van der Waals surface area contributed by atoms with E-state index in [4.69, 9.17) is 28.2 Å². The molecule has 162 valence electrons. The van der Waals surface area contributed by atoms with Gasteiger partial charge in [0.05, 0.1) is 26.3 Å². The molecule has 0 amide bonds. The smallest absolute Gasteiger partial charge is 0.271 e. The summed E-state index contributed by atoms with van der Waals surface area (Å²) in [6.07, 6.45) is 3.63. The van der Waals surface area contributed by atoms with Crippen molar-refractivity contribution < 1.29 is 0 Å². The molecule has 6 heteroatoms. The minimum atomic E-state index is -0.178. The molecule has 33 heavy (non-hydrogen) atoms. The van der Waals surface area contributed by atoms with E-state index in [1.54, 1.807) is 6.07 Å². The minimum absolute atomic E-state index is 0.0611. The third-order valence-electron chi connectivity index (χ3n) is 6.26. The van der Waals surface area contributed by atoms with Crippen molar-refractivity contribution >= 4 is 46.3 Å². The lowest BCUT2D eigenvalue weighted by Gasteiger charge is -2.30. The zero-order valence-electron chi connectivity index (χ0n) is 17.5. The molecule has 1 aliphatic carbocycles. The molecular weight excluding hydrogens is 471 g/mol. The van der Waals surface area contributed by atoms with Crippen LogP contribution in [0.1, 0.15) is 34.7 Å². The van der Waals surface area contributed by atoms with Crippen molar-refractivity contribution in [2.24, 2.45) is 4.99 Å². The fourth-order valence-corrected chi connectivity index (χ4v) is 6.09. The SMILES string of the molecule is O=c1/c(=C\c2cccc(Cl)c2Cl)sc2n1[C@@H](c1ccccc1)C1=C(N=2)c2ccccc2CC1.